The number of benzene rings is 2. The van der Waals surface area contributed by atoms with Gasteiger partial charge in [0.15, 0.2) is 0 Å². The maximum Gasteiger partial charge on any atom is 0.255 e. The largest absolute Gasteiger partial charge is 0.493 e. The molecular weight excluding hydrogens is 402 g/mol. The summed E-state index contributed by atoms with van der Waals surface area (Å²) in [5.41, 5.74) is 2.71. The van der Waals surface area contributed by atoms with Gasteiger partial charge in [0.1, 0.15) is 5.75 Å². The Morgan fingerprint density at radius 2 is 1.80 bits per heavy atom. The van der Waals surface area contributed by atoms with Crippen LogP contribution in [0.4, 0.5) is 5.69 Å². The van der Waals surface area contributed by atoms with Crippen LogP contribution in [0, 0.1) is 6.92 Å². The number of hydrogen-bond donors (Lipinski definition) is 1. The van der Waals surface area contributed by atoms with Gasteiger partial charge in [0.05, 0.1) is 17.9 Å². The summed E-state index contributed by atoms with van der Waals surface area (Å²) < 4.78 is 32.4. The number of nitrogens with one attached hydrogen (secondary N) is 1. The van der Waals surface area contributed by atoms with Crippen molar-refractivity contribution in [2.24, 2.45) is 0 Å². The van der Waals surface area contributed by atoms with Gasteiger partial charge in [-0.15, -0.1) is 0 Å². The van der Waals surface area contributed by atoms with Gasteiger partial charge in [-0.2, -0.15) is 4.31 Å². The number of rotatable bonds is 8. The lowest BCUT2D eigenvalue weighted by atomic mass is 10.2. The van der Waals surface area contributed by atoms with Gasteiger partial charge in [-0.05, 0) is 43.7 Å². The zero-order valence-electron chi connectivity index (χ0n) is 17.5. The molecule has 2 aromatic rings. The highest BCUT2D eigenvalue weighted by Crippen LogP contribution is 2.19. The fourth-order valence-corrected chi connectivity index (χ4v) is 4.84. The molecular formula is C22H29N3O4S. The highest BCUT2D eigenvalue weighted by molar-refractivity contribution is 7.89. The summed E-state index contributed by atoms with van der Waals surface area (Å²) >= 11 is 0. The van der Waals surface area contributed by atoms with Gasteiger partial charge in [-0.1, -0.05) is 24.3 Å². The molecule has 0 atom stereocenters. The number of aryl methyl sites for hydroxylation is 1. The van der Waals surface area contributed by atoms with Gasteiger partial charge >= 0.3 is 0 Å². The highest BCUT2D eigenvalue weighted by Gasteiger charge is 2.27. The quantitative estimate of drug-likeness (QED) is 0.694. The van der Waals surface area contributed by atoms with Crippen molar-refractivity contribution in [2.75, 3.05) is 50.0 Å². The molecule has 30 heavy (non-hydrogen) atoms. The van der Waals surface area contributed by atoms with Crippen LogP contribution in [0.3, 0.4) is 0 Å². The monoisotopic (exact) mass is 431 g/mol. The minimum atomic E-state index is -3.43. The molecule has 1 saturated heterocycles. The number of sulfonamides is 1. The summed E-state index contributed by atoms with van der Waals surface area (Å²) in [6, 6.07) is 15.2. The van der Waals surface area contributed by atoms with Gasteiger partial charge in [0.2, 0.25) is 10.0 Å². The van der Waals surface area contributed by atoms with Crippen LogP contribution in [-0.4, -0.2) is 63.7 Å². The standard InChI is InChI=1S/C22H29N3O4S/c1-3-29-21-10-5-4-9-20(21)22(26)23-11-16-30(27,28)25-14-12-24(13-15-25)19-8-6-7-18(2)17-19/h4-10,17H,3,11-16H2,1-2H3,(H,23,26). The average Bonchev–Trinajstić information content (AvgIpc) is 2.74. The molecule has 1 heterocycles. The first-order valence-electron chi connectivity index (χ1n) is 10.2. The van der Waals surface area contributed by atoms with E-state index in [0.29, 0.717) is 44.1 Å². The molecule has 162 valence electrons. The van der Waals surface area contributed by atoms with Gasteiger partial charge in [-0.25, -0.2) is 8.42 Å². The van der Waals surface area contributed by atoms with E-state index in [9.17, 15) is 13.2 Å². The number of ether oxygens (including phenoxy) is 1. The van der Waals surface area contributed by atoms with Crippen LogP contribution in [0.2, 0.25) is 0 Å². The van der Waals surface area contributed by atoms with E-state index in [0.717, 1.165) is 5.69 Å². The normalized spacial score (nSPS) is 15.1. The molecule has 1 fully saturated rings. The molecule has 1 aliphatic rings. The summed E-state index contributed by atoms with van der Waals surface area (Å²) in [7, 11) is -3.43. The van der Waals surface area contributed by atoms with Crippen molar-refractivity contribution >= 4 is 21.6 Å². The van der Waals surface area contributed by atoms with Gasteiger partial charge in [0, 0.05) is 38.4 Å². The molecule has 0 spiro atoms. The second kappa shape index (κ2) is 9.95. The molecule has 0 radical (unpaired) electrons. The molecule has 0 bridgehead atoms. The zero-order valence-corrected chi connectivity index (χ0v) is 18.3. The number of hydrogen-bond acceptors (Lipinski definition) is 5. The molecule has 3 rings (SSSR count). The second-order valence-electron chi connectivity index (χ2n) is 7.23. The van der Waals surface area contributed by atoms with Crippen molar-refractivity contribution in [3.05, 3.63) is 59.7 Å². The van der Waals surface area contributed by atoms with Crippen molar-refractivity contribution in [2.45, 2.75) is 13.8 Å². The molecule has 0 saturated carbocycles. The van der Waals surface area contributed by atoms with E-state index < -0.39 is 10.0 Å². The number of anilines is 1. The lowest BCUT2D eigenvalue weighted by Crippen LogP contribution is -2.50. The first-order valence-corrected chi connectivity index (χ1v) is 11.8. The van der Waals surface area contributed by atoms with Gasteiger partial charge in [-0.3, -0.25) is 4.79 Å². The Bertz CT molecular complexity index is 970. The Labute approximate surface area is 178 Å². The Morgan fingerprint density at radius 1 is 1.07 bits per heavy atom. The SMILES string of the molecule is CCOc1ccccc1C(=O)NCCS(=O)(=O)N1CCN(c2cccc(C)c2)CC1. The van der Waals surface area contributed by atoms with E-state index in [1.807, 2.05) is 32.0 Å². The summed E-state index contributed by atoms with van der Waals surface area (Å²) in [4.78, 5) is 14.6. The maximum absolute atomic E-state index is 12.7. The van der Waals surface area contributed by atoms with Gasteiger partial charge in [0.25, 0.3) is 5.91 Å². The summed E-state index contributed by atoms with van der Waals surface area (Å²) in [6.45, 7) is 6.58. The fraction of sp³-hybridized carbons (Fsp3) is 0.409. The smallest absolute Gasteiger partial charge is 0.255 e. The molecule has 1 aliphatic heterocycles. The predicted octanol–water partition coefficient (Wildman–Crippen LogP) is 2.28. The third-order valence-corrected chi connectivity index (χ3v) is 6.95. The van der Waals surface area contributed by atoms with E-state index in [1.165, 1.54) is 9.87 Å². The summed E-state index contributed by atoms with van der Waals surface area (Å²) in [5.74, 6) is 0.0335. The van der Waals surface area contributed by atoms with E-state index in [4.69, 9.17) is 4.74 Å². The summed E-state index contributed by atoms with van der Waals surface area (Å²) in [6.07, 6.45) is 0. The third-order valence-electron chi connectivity index (χ3n) is 5.08. The van der Waals surface area contributed by atoms with Crippen molar-refractivity contribution < 1.29 is 17.9 Å². The van der Waals surface area contributed by atoms with Crippen LogP contribution >= 0.6 is 0 Å². The second-order valence-corrected chi connectivity index (χ2v) is 9.31. The molecule has 8 heteroatoms. The Morgan fingerprint density at radius 3 is 2.50 bits per heavy atom. The minimum absolute atomic E-state index is 0.0553. The fourth-order valence-electron chi connectivity index (χ4n) is 3.50. The minimum Gasteiger partial charge on any atom is -0.493 e. The molecule has 0 aromatic heterocycles. The number of piperazine rings is 1. The van der Waals surface area contributed by atoms with Crippen molar-refractivity contribution in [3.63, 3.8) is 0 Å². The number of amides is 1. The zero-order chi connectivity index (χ0) is 21.6. The van der Waals surface area contributed by atoms with Crippen LogP contribution < -0.4 is 15.0 Å². The van der Waals surface area contributed by atoms with E-state index in [-0.39, 0.29) is 18.2 Å². The Hall–Kier alpha value is -2.58. The first-order chi connectivity index (χ1) is 14.4. The van der Waals surface area contributed by atoms with Crippen LogP contribution in [0.1, 0.15) is 22.8 Å². The van der Waals surface area contributed by atoms with E-state index in [1.54, 1.807) is 24.3 Å². The topological polar surface area (TPSA) is 78.9 Å². The molecule has 0 aliphatic carbocycles. The predicted molar refractivity (Wildman–Crippen MR) is 119 cm³/mol. The van der Waals surface area contributed by atoms with Crippen LogP contribution in [-0.2, 0) is 10.0 Å². The van der Waals surface area contributed by atoms with Crippen LogP contribution in [0.15, 0.2) is 48.5 Å². The van der Waals surface area contributed by atoms with E-state index in [2.05, 4.69) is 16.3 Å². The molecule has 1 amide bonds. The highest BCUT2D eigenvalue weighted by atomic mass is 32.2. The van der Waals surface area contributed by atoms with Crippen molar-refractivity contribution in [1.82, 2.24) is 9.62 Å². The lowest BCUT2D eigenvalue weighted by Gasteiger charge is -2.35. The number of carbonyl (C=O) groups is 1. The van der Waals surface area contributed by atoms with Crippen molar-refractivity contribution in [3.8, 4) is 5.75 Å². The number of nitrogens with zero attached hydrogens (tertiary/aromatic N) is 2. The van der Waals surface area contributed by atoms with Crippen LogP contribution in [0.5, 0.6) is 5.75 Å². The third kappa shape index (κ3) is 5.52. The molecule has 2 aromatic carbocycles. The van der Waals surface area contributed by atoms with Crippen molar-refractivity contribution in [1.29, 1.82) is 0 Å². The van der Waals surface area contributed by atoms with Crippen LogP contribution in [0.25, 0.3) is 0 Å². The van der Waals surface area contributed by atoms with E-state index >= 15 is 0 Å². The summed E-state index contributed by atoms with van der Waals surface area (Å²) in [5, 5.41) is 2.70. The van der Waals surface area contributed by atoms with Gasteiger partial charge < -0.3 is 15.0 Å². The Balaban J connectivity index is 1.51. The molecule has 1 N–H and O–H groups in total. The lowest BCUT2D eigenvalue weighted by molar-refractivity contribution is 0.0952. The number of para-hydroxylation sites is 1. The maximum atomic E-state index is 12.7. The Kier molecular flexibility index (Phi) is 7.33. The average molecular weight is 432 g/mol. The molecule has 0 unspecified atom stereocenters. The first kappa shape index (κ1) is 22.1. The molecule has 7 nitrogen and oxygen atoms in total. The number of carbonyl (C=O) groups excluding carboxylic acids is 1.